The zero-order valence-corrected chi connectivity index (χ0v) is 86.5. The maximum absolute atomic E-state index is 13.5. The molecule has 35 nitrogen and oxygen atoms in total. The molecule has 3 aromatic rings. The smallest absolute Gasteiger partial charge is 0.236 e. The van der Waals surface area contributed by atoms with Gasteiger partial charge in [0.05, 0.1) is 188 Å². The highest BCUT2D eigenvalue weighted by molar-refractivity contribution is 9.11. The van der Waals surface area contributed by atoms with Crippen LogP contribution in [0.1, 0.15) is 142 Å². The van der Waals surface area contributed by atoms with Crippen LogP contribution in [0, 0.1) is 21.7 Å². The molecule has 0 unspecified atom stereocenters. The number of nitrogens with one attached hydrogen (secondary N) is 9. The van der Waals surface area contributed by atoms with Crippen molar-refractivity contribution in [1.29, 1.82) is 0 Å². The molecule has 3 rings (SSSR count). The fraction of sp³-hybridized carbons (Fsp3) is 0.776. The Labute approximate surface area is 781 Å². The lowest BCUT2D eigenvalue weighted by atomic mass is 9.87. The fourth-order valence-corrected chi connectivity index (χ4v) is 11.7. The van der Waals surface area contributed by atoms with Gasteiger partial charge in [-0.05, 0) is 125 Å². The van der Waals surface area contributed by atoms with Crippen LogP contribution in [-0.2, 0) is 121 Å². The van der Waals surface area contributed by atoms with Gasteiger partial charge in [0.2, 0.25) is 53.2 Å². The monoisotopic (exact) mass is 2270 g/mol. The van der Waals surface area contributed by atoms with Crippen molar-refractivity contribution in [3.63, 3.8) is 0 Å². The van der Waals surface area contributed by atoms with E-state index in [1.807, 2.05) is 0 Å². The van der Waals surface area contributed by atoms with Crippen molar-refractivity contribution in [3.8, 4) is 0 Å². The number of halogens is 9. The summed E-state index contributed by atoms with van der Waals surface area (Å²) in [5.74, 6) is -3.22. The Morgan fingerprint density at radius 3 is 0.650 bits per heavy atom. The third-order valence-electron chi connectivity index (χ3n) is 17.8. The predicted octanol–water partition coefficient (Wildman–Crippen LogP) is 7.23. The van der Waals surface area contributed by atoms with Crippen molar-refractivity contribution in [2.45, 2.75) is 203 Å². The molecule has 0 atom stereocenters. The molecule has 0 aromatic carbocycles. The zero-order chi connectivity index (χ0) is 91.1. The summed E-state index contributed by atoms with van der Waals surface area (Å²) in [7, 11) is 0. The fourth-order valence-electron chi connectivity index (χ4n) is 10.4. The molecule has 9 amide bonds. The van der Waals surface area contributed by atoms with Gasteiger partial charge in [-0.2, -0.15) is 0 Å². The second-order valence-corrected chi connectivity index (χ2v) is 52.2. The van der Waals surface area contributed by atoms with E-state index in [1.165, 1.54) is 0 Å². The topological polar surface area (TPSA) is 428 Å². The van der Waals surface area contributed by atoms with Crippen LogP contribution < -0.4 is 47.9 Å². The van der Waals surface area contributed by atoms with Crippen molar-refractivity contribution in [3.05, 3.63) is 48.3 Å². The number of carbonyl (C=O) groups is 9. The highest BCUT2D eigenvalue weighted by Gasteiger charge is 2.43. The largest absolute Gasteiger partial charge is 0.378 e. The van der Waals surface area contributed by atoms with E-state index in [2.05, 4.69) is 229 Å². The Bertz CT molecular complexity index is 3190. The first kappa shape index (κ1) is 111. The molecule has 3 aromatic heterocycles. The van der Waals surface area contributed by atoms with Crippen LogP contribution in [0.2, 0.25) is 0 Å². The lowest BCUT2D eigenvalue weighted by Gasteiger charge is -2.36. The Balaban J connectivity index is 2.32. The molecule has 120 heavy (non-hydrogen) atoms. The van der Waals surface area contributed by atoms with Crippen molar-refractivity contribution >= 4 is 197 Å². The molecule has 3 heterocycles. The first-order valence-electron chi connectivity index (χ1n) is 38.8. The van der Waals surface area contributed by atoms with Crippen molar-refractivity contribution in [1.82, 2.24) is 92.8 Å². The van der Waals surface area contributed by atoms with E-state index in [-0.39, 0.29) is 204 Å². The summed E-state index contributed by atoms with van der Waals surface area (Å²) in [6, 6.07) is 0. The summed E-state index contributed by atoms with van der Waals surface area (Å²) in [4.78, 5) is 122. The number of hydrogen-bond donors (Lipinski definition) is 9. The average Bonchev–Trinajstić information content (AvgIpc) is 1.55. The lowest BCUT2D eigenvalue weighted by Crippen LogP contribution is -2.57. The summed E-state index contributed by atoms with van der Waals surface area (Å²) in [6.07, 6.45) is 6.73. The minimum Gasteiger partial charge on any atom is -0.378 e. The molecule has 0 radical (unpaired) electrons. The summed E-state index contributed by atoms with van der Waals surface area (Å²) < 4.78 is 44.8. The Kier molecular flexibility index (Phi) is 45.7. The number of hydrogen-bond acceptors (Lipinski definition) is 23. The van der Waals surface area contributed by atoms with Gasteiger partial charge in [0.1, 0.15) is 17.1 Å². The summed E-state index contributed by atoms with van der Waals surface area (Å²) in [5.41, 5.74) is -3.54. The van der Waals surface area contributed by atoms with Gasteiger partial charge in [-0.3, -0.25) is 57.2 Å². The lowest BCUT2D eigenvalue weighted by molar-refractivity contribution is -0.126. The number of carbonyl (C=O) groups excluding carboxylic acids is 9. The highest BCUT2D eigenvalue weighted by Crippen LogP contribution is 2.31. The number of amides is 9. The van der Waals surface area contributed by atoms with Gasteiger partial charge < -0.3 is 85.7 Å². The molecule has 0 aliphatic carbocycles. The summed E-state index contributed by atoms with van der Waals surface area (Å²) in [6.45, 7) is 35.4. The van der Waals surface area contributed by atoms with Crippen molar-refractivity contribution in [2.24, 2.45) is 21.7 Å². The van der Waals surface area contributed by atoms with E-state index in [9.17, 15) is 43.2 Å². The van der Waals surface area contributed by atoms with Gasteiger partial charge in [0.25, 0.3) is 0 Å². The first-order valence-corrected chi connectivity index (χ1v) is 46.0. The molecular weight excluding hydrogens is 2160 g/mol. The van der Waals surface area contributed by atoms with Crippen LogP contribution >= 0.6 is 143 Å². The number of aromatic nitrogens is 9. The van der Waals surface area contributed by atoms with E-state index in [0.717, 1.165) is 0 Å². The highest BCUT2D eigenvalue weighted by atomic mass is 79.9. The predicted molar refractivity (Wildman–Crippen MR) is 487 cm³/mol. The SMILES string of the molecule is C=CCOCCOCCOCCOCCOCC(Cn1cc(COCC(CNC(=O)C(C)(C)Br)(CNC(=O)C(C)(C)Br)CNC(=O)C(C)(C)Br)nn1)(Cn1cc(COCC(CNC(=O)C(C)(C)Br)(CNC(=O)C(C)(C)Br)CNC(=O)C(C)(C)Br)nn1)Cn1cc(COCC(CNC(=O)C(C)(C)Br)(CNC(=O)C(C)(C)Br)CNC(=O)C(C)(C)Br)nn1. The van der Waals surface area contributed by atoms with Gasteiger partial charge in [-0.25, -0.2) is 0 Å². The normalized spacial score (nSPS) is 13.2. The maximum atomic E-state index is 13.5. The van der Waals surface area contributed by atoms with Crippen molar-refractivity contribution in [2.75, 3.05) is 145 Å². The Hall–Kier alpha value is -3.61. The van der Waals surface area contributed by atoms with Gasteiger partial charge in [-0.15, -0.1) is 21.9 Å². The Morgan fingerprint density at radius 1 is 0.292 bits per heavy atom. The number of alkyl halides is 9. The number of nitrogens with zero attached hydrogens (tertiary/aromatic N) is 9. The third-order valence-corrected chi connectivity index (χ3v) is 21.1. The van der Waals surface area contributed by atoms with Crippen LogP contribution in [0.25, 0.3) is 0 Å². The molecular formula is C76H125Br9N18O17. The minimum atomic E-state index is -1.15. The van der Waals surface area contributed by atoms with Gasteiger partial charge >= 0.3 is 0 Å². The van der Waals surface area contributed by atoms with Gasteiger partial charge in [0.15, 0.2) is 0 Å². The van der Waals surface area contributed by atoms with E-state index in [4.69, 9.17) is 37.9 Å². The molecule has 9 N–H and O–H groups in total. The molecule has 0 saturated heterocycles. The number of ether oxygens (including phenoxy) is 8. The zero-order valence-electron chi connectivity index (χ0n) is 72.2. The van der Waals surface area contributed by atoms with Crippen molar-refractivity contribution < 1.29 is 81.0 Å². The van der Waals surface area contributed by atoms with Crippen LogP contribution in [0.5, 0.6) is 0 Å². The summed E-state index contributed by atoms with van der Waals surface area (Å²) in [5, 5.41) is 54.5. The molecule has 0 aliphatic rings. The van der Waals surface area contributed by atoms with E-state index < -0.39 is 60.6 Å². The molecule has 0 bridgehead atoms. The Morgan fingerprint density at radius 2 is 0.467 bits per heavy atom. The summed E-state index contributed by atoms with van der Waals surface area (Å²) >= 11 is 31.0. The molecule has 0 saturated carbocycles. The van der Waals surface area contributed by atoms with E-state index >= 15 is 0 Å². The van der Waals surface area contributed by atoms with Crippen LogP contribution in [-0.4, -0.2) is 282 Å². The third kappa shape index (κ3) is 42.8. The van der Waals surface area contributed by atoms with Gasteiger partial charge in [0, 0.05) is 75.1 Å². The quantitative estimate of drug-likeness (QED) is 0.0153. The minimum absolute atomic E-state index is 0.0240. The molecule has 0 aliphatic heterocycles. The molecule has 0 fully saturated rings. The molecule has 684 valence electrons. The van der Waals surface area contributed by atoms with E-state index in [0.29, 0.717) is 50.1 Å². The standard InChI is InChI=1S/C76H125Br9N18O17/c1-20-21-113-22-23-114-24-25-115-26-27-116-28-29-117-51-76(45-101-30-52(95-98-101)33-118-48-73(36-86-55(104)64(2,3)77,37-87-56(105)65(4,5)78)38-88-57(106)66(6,7)79,46-102-31-53(96-99-102)34-119-49-74(39-89-58(107)67(8,9)80,40-90-59(108)68(10,11)81)41-91-60(109)69(12,13)82)47-103-32-54(97-100-103)35-120-50-75(42-92-61(110)70(14,15)83,43-93-62(111)71(16,17)84)44-94-63(112)72(18,19)85/h20,30-32H,1,21-29,33-51H2,2-19H3,(H,86,104)(H,87,105)(H,88,106)(H,89,107)(H,90,108)(H,91,109)(H,92,110)(H,93,111)(H,94,112). The first-order chi connectivity index (χ1) is 55.2. The second kappa shape index (κ2) is 49.6. The van der Waals surface area contributed by atoms with Gasteiger partial charge in [-0.1, -0.05) is 165 Å². The molecule has 0 spiro atoms. The van der Waals surface area contributed by atoms with Crippen LogP contribution in [0.4, 0.5) is 0 Å². The average molecular weight is 2280 g/mol. The van der Waals surface area contributed by atoms with E-state index in [1.54, 1.807) is 163 Å². The van der Waals surface area contributed by atoms with Crippen LogP contribution in [0.3, 0.4) is 0 Å². The second-order valence-electron chi connectivity index (χ2n) is 34.4. The maximum Gasteiger partial charge on any atom is 0.236 e. The molecule has 44 heteroatoms. The number of rotatable bonds is 61. The van der Waals surface area contributed by atoms with Crippen LogP contribution in [0.15, 0.2) is 31.2 Å².